The van der Waals surface area contributed by atoms with E-state index in [1.807, 2.05) is 21.7 Å². The average molecular weight is 393 g/mol. The summed E-state index contributed by atoms with van der Waals surface area (Å²) in [5.74, 6) is 0.634. The van der Waals surface area contributed by atoms with E-state index in [0.29, 0.717) is 24.6 Å². The fraction of sp³-hybridized carbons (Fsp3) is 0.522. The Balaban J connectivity index is 1.44. The molecule has 1 saturated carbocycles. The van der Waals surface area contributed by atoms with Gasteiger partial charge < -0.3 is 9.80 Å². The van der Waals surface area contributed by atoms with Gasteiger partial charge in [0.15, 0.2) is 0 Å². The van der Waals surface area contributed by atoms with E-state index >= 15 is 0 Å². The summed E-state index contributed by atoms with van der Waals surface area (Å²) in [4.78, 5) is 30.6. The predicted octanol–water partition coefficient (Wildman–Crippen LogP) is 2.87. The molecule has 0 N–H and O–H groups in total. The molecule has 1 aliphatic carbocycles. The van der Waals surface area contributed by atoms with Crippen LogP contribution in [0, 0.1) is 5.92 Å². The van der Waals surface area contributed by atoms with Crippen LogP contribution in [0.3, 0.4) is 0 Å². The molecule has 2 fully saturated rings. The highest BCUT2D eigenvalue weighted by Crippen LogP contribution is 2.30. The Morgan fingerprint density at radius 2 is 1.76 bits per heavy atom. The molecule has 1 unspecified atom stereocenters. The van der Waals surface area contributed by atoms with Crippen molar-refractivity contribution in [2.75, 3.05) is 13.1 Å². The normalized spacial score (nSPS) is 21.7. The van der Waals surface area contributed by atoms with Crippen molar-refractivity contribution in [3.05, 3.63) is 53.3 Å². The second-order valence-corrected chi connectivity index (χ2v) is 8.65. The van der Waals surface area contributed by atoms with Crippen molar-refractivity contribution in [1.29, 1.82) is 0 Å². The van der Waals surface area contributed by atoms with E-state index < -0.39 is 6.04 Å². The number of hydrogen-bond acceptors (Lipinski definition) is 3. The number of amides is 2. The van der Waals surface area contributed by atoms with Crippen LogP contribution in [0.15, 0.2) is 36.5 Å². The van der Waals surface area contributed by atoms with Gasteiger partial charge in [0.05, 0.1) is 0 Å². The molecule has 5 rings (SSSR count). The topological polar surface area (TPSA) is 58.4 Å². The van der Waals surface area contributed by atoms with E-state index in [-0.39, 0.29) is 11.8 Å². The maximum atomic E-state index is 13.6. The molecular weight excluding hydrogens is 364 g/mol. The van der Waals surface area contributed by atoms with Gasteiger partial charge in [-0.25, -0.2) is 0 Å². The maximum Gasteiger partial charge on any atom is 0.273 e. The van der Waals surface area contributed by atoms with Gasteiger partial charge in [-0.15, -0.1) is 0 Å². The lowest BCUT2D eigenvalue weighted by atomic mass is 9.85. The van der Waals surface area contributed by atoms with Gasteiger partial charge in [-0.1, -0.05) is 30.7 Å². The number of carbonyl (C=O) groups excluding carboxylic acids is 2. The van der Waals surface area contributed by atoms with E-state index in [2.05, 4.69) is 17.2 Å². The van der Waals surface area contributed by atoms with Gasteiger partial charge in [0.25, 0.3) is 5.91 Å². The third kappa shape index (κ3) is 3.45. The number of likely N-dealkylation sites (tertiary alicyclic amines) is 1. The first kappa shape index (κ1) is 18.4. The largest absolute Gasteiger partial charge is 0.341 e. The zero-order chi connectivity index (χ0) is 19.8. The molecule has 1 atom stereocenters. The third-order valence-electron chi connectivity index (χ3n) is 6.80. The lowest BCUT2D eigenvalue weighted by Gasteiger charge is -2.38. The van der Waals surface area contributed by atoms with Gasteiger partial charge >= 0.3 is 0 Å². The lowest BCUT2D eigenvalue weighted by molar-refractivity contribution is -0.135. The van der Waals surface area contributed by atoms with Gasteiger partial charge in [0.1, 0.15) is 11.7 Å². The van der Waals surface area contributed by atoms with Crippen LogP contribution in [0.25, 0.3) is 0 Å². The number of hydrogen-bond donors (Lipinski definition) is 0. The van der Waals surface area contributed by atoms with E-state index in [0.717, 1.165) is 38.0 Å². The number of fused-ring (bicyclic) bond motifs is 1. The Labute approximate surface area is 171 Å². The quantitative estimate of drug-likeness (QED) is 0.804. The van der Waals surface area contributed by atoms with E-state index in [9.17, 15) is 9.59 Å². The SMILES string of the molecule is O=C(C1Cc2ccccc2CN1C(=O)c1ccnn1CC1CCC1)N1CCCC1. The first-order valence-electron chi connectivity index (χ1n) is 10.9. The van der Waals surface area contributed by atoms with E-state index in [1.54, 1.807) is 17.2 Å². The van der Waals surface area contributed by atoms with Crippen molar-refractivity contribution in [3.63, 3.8) is 0 Å². The highest BCUT2D eigenvalue weighted by molar-refractivity contribution is 5.96. The second kappa shape index (κ2) is 7.65. The van der Waals surface area contributed by atoms with Crippen LogP contribution in [-0.4, -0.2) is 50.5 Å². The zero-order valence-corrected chi connectivity index (χ0v) is 16.8. The van der Waals surface area contributed by atoms with Crippen molar-refractivity contribution >= 4 is 11.8 Å². The van der Waals surface area contributed by atoms with Gasteiger partial charge in [0.2, 0.25) is 5.91 Å². The van der Waals surface area contributed by atoms with Crippen LogP contribution < -0.4 is 0 Å². The average Bonchev–Trinajstić information content (AvgIpc) is 3.40. The summed E-state index contributed by atoms with van der Waals surface area (Å²) in [5.41, 5.74) is 2.92. The summed E-state index contributed by atoms with van der Waals surface area (Å²) >= 11 is 0. The molecule has 29 heavy (non-hydrogen) atoms. The number of aromatic nitrogens is 2. The van der Waals surface area contributed by atoms with Crippen LogP contribution in [0.4, 0.5) is 0 Å². The third-order valence-corrected chi connectivity index (χ3v) is 6.80. The van der Waals surface area contributed by atoms with E-state index in [4.69, 9.17) is 0 Å². The van der Waals surface area contributed by atoms with Crippen LogP contribution >= 0.6 is 0 Å². The monoisotopic (exact) mass is 392 g/mol. The molecule has 6 nitrogen and oxygen atoms in total. The molecule has 2 amide bonds. The Bertz CT molecular complexity index is 911. The Kier molecular flexibility index (Phi) is 4.86. The molecule has 6 heteroatoms. The van der Waals surface area contributed by atoms with Crippen molar-refractivity contribution in [2.45, 2.75) is 57.7 Å². The molecule has 1 aromatic heterocycles. The smallest absolute Gasteiger partial charge is 0.273 e. The minimum atomic E-state index is -0.428. The van der Waals surface area contributed by atoms with Gasteiger partial charge in [-0.3, -0.25) is 14.3 Å². The molecule has 0 radical (unpaired) electrons. The summed E-state index contributed by atoms with van der Waals surface area (Å²) in [7, 11) is 0. The minimum absolute atomic E-state index is 0.0751. The maximum absolute atomic E-state index is 13.6. The first-order valence-corrected chi connectivity index (χ1v) is 10.9. The van der Waals surface area contributed by atoms with Crippen molar-refractivity contribution in [3.8, 4) is 0 Å². The summed E-state index contributed by atoms with van der Waals surface area (Å²) in [6.45, 7) is 2.88. The molecule has 3 heterocycles. The zero-order valence-electron chi connectivity index (χ0n) is 16.8. The van der Waals surface area contributed by atoms with E-state index in [1.165, 1.54) is 24.8 Å². The molecule has 3 aliphatic rings. The van der Waals surface area contributed by atoms with Crippen LogP contribution in [0.1, 0.15) is 53.7 Å². The summed E-state index contributed by atoms with van der Waals surface area (Å²) < 4.78 is 1.85. The summed E-state index contributed by atoms with van der Waals surface area (Å²) in [5, 5.41) is 4.42. The molecule has 2 aliphatic heterocycles. The summed E-state index contributed by atoms with van der Waals surface area (Å²) in [6.07, 6.45) is 8.09. The van der Waals surface area contributed by atoms with Crippen LogP contribution in [0.2, 0.25) is 0 Å². The Morgan fingerprint density at radius 1 is 1.00 bits per heavy atom. The molecule has 1 aromatic carbocycles. The highest BCUT2D eigenvalue weighted by atomic mass is 16.2. The molecule has 0 spiro atoms. The number of benzene rings is 1. The lowest BCUT2D eigenvalue weighted by Crippen LogP contribution is -2.53. The van der Waals surface area contributed by atoms with Crippen LogP contribution in [-0.2, 0) is 24.3 Å². The van der Waals surface area contributed by atoms with Crippen molar-refractivity contribution in [1.82, 2.24) is 19.6 Å². The van der Waals surface area contributed by atoms with Crippen molar-refractivity contribution < 1.29 is 9.59 Å². The fourth-order valence-corrected chi connectivity index (χ4v) is 4.83. The molecule has 2 aromatic rings. The first-order chi connectivity index (χ1) is 14.2. The highest BCUT2D eigenvalue weighted by Gasteiger charge is 2.38. The number of carbonyl (C=O) groups is 2. The minimum Gasteiger partial charge on any atom is -0.341 e. The number of nitrogens with zero attached hydrogens (tertiary/aromatic N) is 4. The Hall–Kier alpha value is -2.63. The fourth-order valence-electron chi connectivity index (χ4n) is 4.83. The predicted molar refractivity (Wildman–Crippen MR) is 109 cm³/mol. The van der Waals surface area contributed by atoms with Gasteiger partial charge in [-0.2, -0.15) is 5.10 Å². The molecular formula is C23H28N4O2. The summed E-state index contributed by atoms with van der Waals surface area (Å²) in [6, 6.07) is 9.55. The molecule has 0 bridgehead atoms. The van der Waals surface area contributed by atoms with Crippen molar-refractivity contribution in [2.24, 2.45) is 5.92 Å². The van der Waals surface area contributed by atoms with Crippen LogP contribution in [0.5, 0.6) is 0 Å². The molecule has 152 valence electrons. The van der Waals surface area contributed by atoms with Gasteiger partial charge in [-0.05, 0) is 48.8 Å². The standard InChI is InChI=1S/C23H28N4O2/c28-22(25-12-3-4-13-25)21-14-18-8-1-2-9-19(18)16-26(21)23(29)20-10-11-24-27(20)15-17-6-5-7-17/h1-2,8-11,17,21H,3-7,12-16H2. The molecule has 1 saturated heterocycles. The van der Waals surface area contributed by atoms with Gasteiger partial charge in [0, 0.05) is 38.8 Å². The number of rotatable bonds is 4. The Morgan fingerprint density at radius 3 is 2.48 bits per heavy atom. The second-order valence-electron chi connectivity index (χ2n) is 8.65.